The molecule has 0 saturated carbocycles. The van der Waals surface area contributed by atoms with Crippen LogP contribution in [0, 0.1) is 0 Å². The second-order valence-corrected chi connectivity index (χ2v) is 5.25. The van der Waals surface area contributed by atoms with Crippen LogP contribution < -0.4 is 5.48 Å². The first-order valence-corrected chi connectivity index (χ1v) is 7.33. The number of halogens is 1. The van der Waals surface area contributed by atoms with Crippen molar-refractivity contribution in [3.63, 3.8) is 0 Å². The highest BCUT2D eigenvalue weighted by Crippen LogP contribution is 2.22. The molecule has 0 unspecified atom stereocenters. The van der Waals surface area contributed by atoms with E-state index in [1.165, 1.54) is 44.5 Å². The summed E-state index contributed by atoms with van der Waals surface area (Å²) in [5.74, 6) is 0.112. The number of nitrogens with one attached hydrogen (secondary N) is 1. The molecule has 0 aromatic heterocycles. The fourth-order valence-corrected chi connectivity index (χ4v) is 2.43. The second kappa shape index (κ2) is 9.84. The number of hydroxylamine groups is 1. The van der Waals surface area contributed by atoms with Crippen molar-refractivity contribution in [1.29, 1.82) is 0 Å². The highest BCUT2D eigenvalue weighted by molar-refractivity contribution is 5.85. The Morgan fingerprint density at radius 3 is 2.62 bits per heavy atom. The van der Waals surface area contributed by atoms with Gasteiger partial charge in [-0.25, -0.2) is 5.48 Å². The number of phenols is 2. The van der Waals surface area contributed by atoms with Gasteiger partial charge >= 0.3 is 0 Å². The molecular weight excluding hydrogens is 292 g/mol. The highest BCUT2D eigenvalue weighted by atomic mass is 35.5. The summed E-state index contributed by atoms with van der Waals surface area (Å²) < 4.78 is 0. The minimum atomic E-state index is 0. The number of rotatable bonds is 7. The normalized spacial score (nSPS) is 15.6. The van der Waals surface area contributed by atoms with Crippen LogP contribution >= 0.6 is 12.4 Å². The van der Waals surface area contributed by atoms with Gasteiger partial charge in [-0.3, -0.25) is 4.84 Å². The van der Waals surface area contributed by atoms with E-state index in [1.807, 2.05) is 0 Å². The molecule has 0 spiro atoms. The van der Waals surface area contributed by atoms with Gasteiger partial charge in [0.1, 0.15) is 11.5 Å². The molecule has 1 fully saturated rings. The summed E-state index contributed by atoms with van der Waals surface area (Å²) in [4.78, 5) is 7.82. The van der Waals surface area contributed by atoms with E-state index in [-0.39, 0.29) is 30.5 Å². The molecule has 1 aliphatic heterocycles. The Balaban J connectivity index is 0.00000220. The molecule has 0 radical (unpaired) electrons. The summed E-state index contributed by atoms with van der Waals surface area (Å²) in [7, 11) is 0. The number of phenolic OH excluding ortho intramolecular Hbond substituents is 2. The molecule has 21 heavy (non-hydrogen) atoms. The van der Waals surface area contributed by atoms with Crippen molar-refractivity contribution in [3.05, 3.63) is 23.8 Å². The maximum Gasteiger partial charge on any atom is 0.124 e. The van der Waals surface area contributed by atoms with Crippen LogP contribution in [0.25, 0.3) is 0 Å². The van der Waals surface area contributed by atoms with Crippen molar-refractivity contribution < 1.29 is 15.1 Å². The Labute approximate surface area is 132 Å². The van der Waals surface area contributed by atoms with Crippen LogP contribution in [0.5, 0.6) is 11.5 Å². The van der Waals surface area contributed by atoms with Crippen LogP contribution in [0.15, 0.2) is 18.2 Å². The van der Waals surface area contributed by atoms with Crippen LogP contribution in [-0.2, 0) is 11.4 Å². The molecule has 120 valence electrons. The van der Waals surface area contributed by atoms with Gasteiger partial charge < -0.3 is 15.1 Å². The van der Waals surface area contributed by atoms with Crippen LogP contribution in [0.2, 0.25) is 0 Å². The molecule has 6 heteroatoms. The summed E-state index contributed by atoms with van der Waals surface area (Å²) >= 11 is 0. The summed E-state index contributed by atoms with van der Waals surface area (Å²) in [5, 5.41) is 18.8. The molecule has 1 aliphatic rings. The van der Waals surface area contributed by atoms with Gasteiger partial charge in [-0.05, 0) is 51.0 Å². The Morgan fingerprint density at radius 1 is 1.14 bits per heavy atom. The Kier molecular flexibility index (Phi) is 8.45. The van der Waals surface area contributed by atoms with Crippen molar-refractivity contribution in [2.24, 2.45) is 0 Å². The zero-order chi connectivity index (χ0) is 14.2. The number of hydrogen-bond acceptors (Lipinski definition) is 5. The summed E-state index contributed by atoms with van der Waals surface area (Å²) in [5.41, 5.74) is 3.57. The zero-order valence-corrected chi connectivity index (χ0v) is 13.1. The van der Waals surface area contributed by atoms with Gasteiger partial charge in [-0.2, -0.15) is 0 Å². The molecule has 0 atom stereocenters. The summed E-state index contributed by atoms with van der Waals surface area (Å²) in [6, 6.07) is 4.50. The molecule has 0 amide bonds. The van der Waals surface area contributed by atoms with Crippen LogP contribution in [0.3, 0.4) is 0 Å². The third kappa shape index (κ3) is 6.52. The van der Waals surface area contributed by atoms with E-state index < -0.39 is 0 Å². The van der Waals surface area contributed by atoms with E-state index in [2.05, 4.69) is 10.4 Å². The fourth-order valence-electron chi connectivity index (χ4n) is 2.43. The van der Waals surface area contributed by atoms with E-state index in [0.717, 1.165) is 19.5 Å². The van der Waals surface area contributed by atoms with Gasteiger partial charge in [-0.15, -0.1) is 12.4 Å². The van der Waals surface area contributed by atoms with Crippen LogP contribution in [0.1, 0.15) is 31.2 Å². The molecule has 1 heterocycles. The standard InChI is InChI=1S/C15H24N2O3.ClH/c18-14-6-5-13(15(19)11-14)12-20-16-7-4-10-17-8-2-1-3-9-17;/h5-6,11,16,18-19H,1-4,7-10,12H2;1H. The maximum absolute atomic E-state index is 9.59. The number of aromatic hydroxyl groups is 2. The minimum absolute atomic E-state index is 0. The van der Waals surface area contributed by atoms with Gasteiger partial charge in [0, 0.05) is 18.2 Å². The largest absolute Gasteiger partial charge is 0.508 e. The molecule has 0 aliphatic carbocycles. The van der Waals surface area contributed by atoms with E-state index in [1.54, 1.807) is 6.07 Å². The SMILES string of the molecule is Cl.Oc1ccc(CONCCCN2CCCCC2)c(O)c1. The Morgan fingerprint density at radius 2 is 1.90 bits per heavy atom. The third-order valence-electron chi connectivity index (χ3n) is 3.60. The molecular formula is C15H25ClN2O3. The average molecular weight is 317 g/mol. The monoisotopic (exact) mass is 316 g/mol. The van der Waals surface area contributed by atoms with Crippen molar-refractivity contribution in [2.45, 2.75) is 32.3 Å². The highest BCUT2D eigenvalue weighted by Gasteiger charge is 2.08. The first kappa shape index (κ1) is 18.0. The van der Waals surface area contributed by atoms with Crippen molar-refractivity contribution >= 4 is 12.4 Å². The lowest BCUT2D eigenvalue weighted by Crippen LogP contribution is -2.32. The second-order valence-electron chi connectivity index (χ2n) is 5.25. The first-order chi connectivity index (χ1) is 9.75. The average Bonchev–Trinajstić information content (AvgIpc) is 2.46. The number of benzene rings is 1. The molecule has 3 N–H and O–H groups in total. The van der Waals surface area contributed by atoms with Gasteiger partial charge in [0.05, 0.1) is 6.61 Å². The predicted octanol–water partition coefficient (Wildman–Crippen LogP) is 2.42. The zero-order valence-electron chi connectivity index (χ0n) is 12.3. The topological polar surface area (TPSA) is 65.0 Å². The predicted molar refractivity (Wildman–Crippen MR) is 84.7 cm³/mol. The molecule has 0 bridgehead atoms. The van der Waals surface area contributed by atoms with Gasteiger partial charge in [0.25, 0.3) is 0 Å². The third-order valence-corrected chi connectivity index (χ3v) is 3.60. The van der Waals surface area contributed by atoms with E-state index in [4.69, 9.17) is 4.84 Å². The van der Waals surface area contributed by atoms with Crippen molar-refractivity contribution in [2.75, 3.05) is 26.2 Å². The number of hydrogen-bond donors (Lipinski definition) is 3. The van der Waals surface area contributed by atoms with Gasteiger partial charge in [0.15, 0.2) is 0 Å². The molecule has 1 aromatic carbocycles. The molecule has 5 nitrogen and oxygen atoms in total. The van der Waals surface area contributed by atoms with E-state index in [9.17, 15) is 10.2 Å². The lowest BCUT2D eigenvalue weighted by molar-refractivity contribution is 0.0248. The van der Waals surface area contributed by atoms with Crippen molar-refractivity contribution in [3.8, 4) is 11.5 Å². The van der Waals surface area contributed by atoms with Gasteiger partial charge in [0.2, 0.25) is 0 Å². The fraction of sp³-hybridized carbons (Fsp3) is 0.600. The Bertz CT molecular complexity index is 412. The lowest BCUT2D eigenvalue weighted by atomic mass is 10.1. The first-order valence-electron chi connectivity index (χ1n) is 7.33. The Hall–Kier alpha value is -1.01. The lowest BCUT2D eigenvalue weighted by Gasteiger charge is -2.26. The number of likely N-dealkylation sites (tertiary alicyclic amines) is 1. The molecule has 2 rings (SSSR count). The van der Waals surface area contributed by atoms with Crippen LogP contribution in [-0.4, -0.2) is 41.3 Å². The maximum atomic E-state index is 9.59. The van der Waals surface area contributed by atoms with Crippen molar-refractivity contribution in [1.82, 2.24) is 10.4 Å². The summed E-state index contributed by atoms with van der Waals surface area (Å²) in [6.45, 7) is 4.65. The van der Waals surface area contributed by atoms with E-state index in [0.29, 0.717) is 5.56 Å². The minimum Gasteiger partial charge on any atom is -0.508 e. The molecule has 1 saturated heterocycles. The van der Waals surface area contributed by atoms with Crippen LogP contribution in [0.4, 0.5) is 0 Å². The number of piperidine rings is 1. The number of nitrogens with zero attached hydrogens (tertiary/aromatic N) is 1. The molecule has 1 aromatic rings. The van der Waals surface area contributed by atoms with Gasteiger partial charge in [-0.1, -0.05) is 6.42 Å². The quantitative estimate of drug-likeness (QED) is 0.532. The van der Waals surface area contributed by atoms with E-state index >= 15 is 0 Å². The smallest absolute Gasteiger partial charge is 0.124 e. The summed E-state index contributed by atoms with van der Waals surface area (Å²) in [6.07, 6.45) is 5.07.